The van der Waals surface area contributed by atoms with Gasteiger partial charge in [-0.05, 0) is 31.0 Å². The predicted octanol–water partition coefficient (Wildman–Crippen LogP) is 2.03. The predicted molar refractivity (Wildman–Crippen MR) is 80.9 cm³/mol. The fourth-order valence-corrected chi connectivity index (χ4v) is 3.12. The second-order valence-corrected chi connectivity index (χ2v) is 6.69. The molecule has 0 aliphatic carbocycles. The van der Waals surface area contributed by atoms with Gasteiger partial charge >= 0.3 is 0 Å². The number of rotatable bonds is 6. The SMILES string of the molecule is Cc1ccc(NS(=O)(=O)c2cnn(CCCO)c2)c(Cl)c1. The van der Waals surface area contributed by atoms with E-state index in [1.807, 2.05) is 6.92 Å². The zero-order valence-corrected chi connectivity index (χ0v) is 13.0. The number of aromatic nitrogens is 2. The molecule has 0 spiro atoms. The van der Waals surface area contributed by atoms with Gasteiger partial charge < -0.3 is 5.11 Å². The minimum Gasteiger partial charge on any atom is -0.396 e. The van der Waals surface area contributed by atoms with Gasteiger partial charge in [0.25, 0.3) is 10.0 Å². The van der Waals surface area contributed by atoms with Gasteiger partial charge in [0, 0.05) is 19.3 Å². The summed E-state index contributed by atoms with van der Waals surface area (Å²) in [6, 6.07) is 5.07. The second-order valence-electron chi connectivity index (χ2n) is 4.61. The maximum atomic E-state index is 12.3. The van der Waals surface area contributed by atoms with Crippen molar-refractivity contribution in [2.24, 2.45) is 0 Å². The minimum absolute atomic E-state index is 0.0270. The van der Waals surface area contributed by atoms with Crippen LogP contribution in [0.15, 0.2) is 35.5 Å². The van der Waals surface area contributed by atoms with Crippen LogP contribution in [0.5, 0.6) is 0 Å². The van der Waals surface area contributed by atoms with Crippen molar-refractivity contribution in [1.82, 2.24) is 9.78 Å². The van der Waals surface area contributed by atoms with Gasteiger partial charge in [0.15, 0.2) is 0 Å². The van der Waals surface area contributed by atoms with Crippen LogP contribution < -0.4 is 4.72 Å². The average molecular weight is 330 g/mol. The molecule has 1 aromatic heterocycles. The molecular weight excluding hydrogens is 314 g/mol. The highest BCUT2D eigenvalue weighted by molar-refractivity contribution is 7.92. The number of nitrogens with zero attached hydrogens (tertiary/aromatic N) is 2. The maximum absolute atomic E-state index is 12.3. The molecule has 0 fully saturated rings. The van der Waals surface area contributed by atoms with Gasteiger partial charge in [0.1, 0.15) is 4.90 Å². The fourth-order valence-electron chi connectivity index (χ4n) is 1.74. The summed E-state index contributed by atoms with van der Waals surface area (Å²) in [7, 11) is -3.73. The van der Waals surface area contributed by atoms with Gasteiger partial charge in [0.2, 0.25) is 0 Å². The Kier molecular flexibility index (Phi) is 4.87. The lowest BCUT2D eigenvalue weighted by molar-refractivity contribution is 0.277. The van der Waals surface area contributed by atoms with E-state index in [-0.39, 0.29) is 11.5 Å². The van der Waals surface area contributed by atoms with Crippen LogP contribution in [0.1, 0.15) is 12.0 Å². The van der Waals surface area contributed by atoms with Gasteiger partial charge in [-0.3, -0.25) is 9.40 Å². The summed E-state index contributed by atoms with van der Waals surface area (Å²) in [5.74, 6) is 0. The van der Waals surface area contributed by atoms with Crippen LogP contribution in [0.25, 0.3) is 0 Å². The third-order valence-corrected chi connectivity index (χ3v) is 4.47. The highest BCUT2D eigenvalue weighted by atomic mass is 35.5. The summed E-state index contributed by atoms with van der Waals surface area (Å²) in [6.07, 6.45) is 3.19. The molecule has 0 atom stereocenters. The summed E-state index contributed by atoms with van der Waals surface area (Å²) in [4.78, 5) is 0.0529. The van der Waals surface area contributed by atoms with Crippen molar-refractivity contribution in [3.05, 3.63) is 41.2 Å². The molecule has 0 unspecified atom stereocenters. The Morgan fingerprint density at radius 1 is 1.43 bits per heavy atom. The molecule has 0 amide bonds. The van der Waals surface area contributed by atoms with Crippen LogP contribution in [0.4, 0.5) is 5.69 Å². The Balaban J connectivity index is 2.19. The first-order valence-electron chi connectivity index (χ1n) is 6.34. The fraction of sp³-hybridized carbons (Fsp3) is 0.308. The summed E-state index contributed by atoms with van der Waals surface area (Å²) in [5.41, 5.74) is 1.27. The molecule has 2 aromatic rings. The molecule has 0 aliphatic rings. The third kappa shape index (κ3) is 3.96. The lowest BCUT2D eigenvalue weighted by Crippen LogP contribution is -2.12. The summed E-state index contributed by atoms with van der Waals surface area (Å²) in [5, 5.41) is 13.0. The summed E-state index contributed by atoms with van der Waals surface area (Å²) < 4.78 is 28.4. The first-order valence-corrected chi connectivity index (χ1v) is 8.21. The maximum Gasteiger partial charge on any atom is 0.265 e. The van der Waals surface area contributed by atoms with Crippen molar-refractivity contribution in [3.63, 3.8) is 0 Å². The number of aliphatic hydroxyl groups is 1. The molecule has 6 nitrogen and oxygen atoms in total. The Labute approximate surface area is 128 Å². The second kappa shape index (κ2) is 6.46. The van der Waals surface area contributed by atoms with E-state index < -0.39 is 10.0 Å². The van der Waals surface area contributed by atoms with E-state index in [9.17, 15) is 8.42 Å². The molecule has 114 valence electrons. The normalized spacial score (nSPS) is 11.6. The van der Waals surface area contributed by atoms with E-state index in [0.717, 1.165) is 5.56 Å². The van der Waals surface area contributed by atoms with Crippen molar-refractivity contribution in [1.29, 1.82) is 0 Å². The lowest BCUT2D eigenvalue weighted by Gasteiger charge is -2.08. The zero-order valence-electron chi connectivity index (χ0n) is 11.5. The van der Waals surface area contributed by atoms with Gasteiger partial charge in [-0.15, -0.1) is 0 Å². The van der Waals surface area contributed by atoms with Gasteiger partial charge in [-0.25, -0.2) is 8.42 Å². The van der Waals surface area contributed by atoms with Crippen LogP contribution in [-0.2, 0) is 16.6 Å². The number of aliphatic hydroxyl groups excluding tert-OH is 1. The Morgan fingerprint density at radius 3 is 2.86 bits per heavy atom. The van der Waals surface area contributed by atoms with E-state index in [1.165, 1.54) is 17.1 Å². The van der Waals surface area contributed by atoms with Crippen molar-refractivity contribution in [2.45, 2.75) is 24.8 Å². The highest BCUT2D eigenvalue weighted by Crippen LogP contribution is 2.25. The molecule has 0 bridgehead atoms. The average Bonchev–Trinajstić information content (AvgIpc) is 2.89. The molecule has 0 saturated carbocycles. The number of hydrogen-bond donors (Lipinski definition) is 2. The summed E-state index contributed by atoms with van der Waals surface area (Å²) in [6.45, 7) is 2.35. The number of nitrogens with one attached hydrogen (secondary N) is 1. The minimum atomic E-state index is -3.73. The van der Waals surface area contributed by atoms with Gasteiger partial charge in [-0.1, -0.05) is 17.7 Å². The quantitative estimate of drug-likeness (QED) is 0.849. The van der Waals surface area contributed by atoms with Crippen LogP contribution >= 0.6 is 11.6 Å². The molecule has 1 heterocycles. The number of anilines is 1. The van der Waals surface area contributed by atoms with Crippen molar-refractivity contribution < 1.29 is 13.5 Å². The molecular formula is C13H16ClN3O3S. The molecule has 2 rings (SSSR count). The van der Waals surface area contributed by atoms with Crippen molar-refractivity contribution in [2.75, 3.05) is 11.3 Å². The van der Waals surface area contributed by atoms with Gasteiger partial charge in [0.05, 0.1) is 16.9 Å². The Hall–Kier alpha value is -1.57. The monoisotopic (exact) mass is 329 g/mol. The van der Waals surface area contributed by atoms with E-state index in [1.54, 1.807) is 18.2 Å². The highest BCUT2D eigenvalue weighted by Gasteiger charge is 2.18. The standard InChI is InChI=1S/C13H16ClN3O3S/c1-10-3-4-13(12(14)7-10)16-21(19,20)11-8-15-17(9-11)5-2-6-18/h3-4,7-9,16,18H,2,5-6H2,1H3. The van der Waals surface area contributed by atoms with Gasteiger partial charge in [-0.2, -0.15) is 5.10 Å². The smallest absolute Gasteiger partial charge is 0.265 e. The molecule has 21 heavy (non-hydrogen) atoms. The Bertz CT molecular complexity index is 728. The molecule has 0 aliphatic heterocycles. The number of hydrogen-bond acceptors (Lipinski definition) is 4. The lowest BCUT2D eigenvalue weighted by atomic mass is 10.2. The zero-order chi connectivity index (χ0) is 15.5. The van der Waals surface area contributed by atoms with E-state index >= 15 is 0 Å². The molecule has 0 radical (unpaired) electrons. The van der Waals surface area contributed by atoms with Crippen molar-refractivity contribution in [3.8, 4) is 0 Å². The Morgan fingerprint density at radius 2 is 2.19 bits per heavy atom. The number of halogens is 1. The molecule has 2 N–H and O–H groups in total. The molecule has 8 heteroatoms. The van der Waals surface area contributed by atoms with Crippen LogP contribution in [0.2, 0.25) is 5.02 Å². The van der Waals surface area contributed by atoms with E-state index in [2.05, 4.69) is 9.82 Å². The van der Waals surface area contributed by atoms with E-state index in [0.29, 0.717) is 23.7 Å². The van der Waals surface area contributed by atoms with Crippen LogP contribution in [-0.4, -0.2) is 29.9 Å². The molecule has 1 aromatic carbocycles. The van der Waals surface area contributed by atoms with Crippen LogP contribution in [0, 0.1) is 6.92 Å². The van der Waals surface area contributed by atoms with E-state index in [4.69, 9.17) is 16.7 Å². The topological polar surface area (TPSA) is 84.2 Å². The molecule has 0 saturated heterocycles. The first-order chi connectivity index (χ1) is 9.92. The largest absolute Gasteiger partial charge is 0.396 e. The summed E-state index contributed by atoms with van der Waals surface area (Å²) >= 11 is 6.02. The van der Waals surface area contributed by atoms with Crippen molar-refractivity contribution >= 4 is 27.3 Å². The first kappa shape index (κ1) is 15.8. The number of benzene rings is 1. The third-order valence-electron chi connectivity index (χ3n) is 2.83. The van der Waals surface area contributed by atoms with Crippen LogP contribution in [0.3, 0.4) is 0 Å². The number of aryl methyl sites for hydroxylation is 2. The number of sulfonamides is 1.